The maximum Gasteiger partial charge on any atom is 0.158 e. The van der Waals surface area contributed by atoms with E-state index in [1.165, 1.54) is 24.8 Å². The maximum absolute atomic E-state index is 12.1. The number of pyridine rings is 1. The molecule has 0 bridgehead atoms. The van der Waals surface area contributed by atoms with Gasteiger partial charge >= 0.3 is 0 Å². The second-order valence-corrected chi connectivity index (χ2v) is 9.58. The topological polar surface area (TPSA) is 122 Å². The number of nitrogens with zero attached hydrogens (tertiary/aromatic N) is 1. The van der Waals surface area contributed by atoms with E-state index in [4.69, 9.17) is 24.7 Å². The lowest BCUT2D eigenvalue weighted by Gasteiger charge is -2.23. The highest BCUT2D eigenvalue weighted by atomic mass is 19.1. The van der Waals surface area contributed by atoms with Crippen molar-refractivity contribution in [3.8, 4) is 0 Å². The standard InChI is InChI=1S/C14H19NO3.C12H20O2.C6H6FN.C2H6.CH5N/c1-10(13(9-16)17-2)18-14(11-5-6-11)12-4-3-7-15-8-12;1-3-4-5-6-7-10-13-12-9-8-11(2)14-12;7-5-2-1-3-6(8)4-5;2*1-2/h3-4,7-8,10,13,16H,5-6,9H2,1-2H3;3-6,11-12H,7-10H2,1-2H3;1-4H,8H2;1-2H3;2H2,1H3/b;4-3-,6-5-;;;. The number of nitrogen functional groups attached to an aromatic ring is 1. The smallest absolute Gasteiger partial charge is 0.158 e. The Bertz CT molecular complexity index is 1040. The SMILES string of the molecule is C/C=C\C=C/CCOC1CCC(C)O1.CC.CN.COC(CO)C(C)OC(=C1CC1)c1cccnc1.Nc1cccc(F)c1. The van der Waals surface area contributed by atoms with Crippen LogP contribution in [0.2, 0.25) is 0 Å². The fourth-order valence-corrected chi connectivity index (χ4v) is 3.77. The molecule has 1 saturated carbocycles. The molecule has 4 unspecified atom stereocenters. The van der Waals surface area contributed by atoms with Crippen LogP contribution in [0, 0.1) is 5.82 Å². The number of hydrogen-bond donors (Lipinski definition) is 3. The summed E-state index contributed by atoms with van der Waals surface area (Å²) in [4.78, 5) is 4.11. The van der Waals surface area contributed by atoms with Gasteiger partial charge in [-0.2, -0.15) is 0 Å². The van der Waals surface area contributed by atoms with Crippen LogP contribution in [-0.2, 0) is 18.9 Å². The predicted molar refractivity (Wildman–Crippen MR) is 179 cm³/mol. The van der Waals surface area contributed by atoms with E-state index in [0.29, 0.717) is 11.8 Å². The molecule has 1 aromatic heterocycles. The molecule has 1 saturated heterocycles. The van der Waals surface area contributed by atoms with Crippen molar-refractivity contribution in [3.05, 3.63) is 90.0 Å². The molecule has 4 atom stereocenters. The molecular formula is C35H56FN3O5. The van der Waals surface area contributed by atoms with Crippen LogP contribution in [0.5, 0.6) is 0 Å². The van der Waals surface area contributed by atoms with E-state index >= 15 is 0 Å². The first-order valence-electron chi connectivity index (χ1n) is 15.4. The first kappa shape index (κ1) is 40.9. The zero-order chi connectivity index (χ0) is 33.2. The summed E-state index contributed by atoms with van der Waals surface area (Å²) in [6.45, 7) is 10.7. The van der Waals surface area contributed by atoms with Crippen molar-refractivity contribution in [1.29, 1.82) is 0 Å². The van der Waals surface area contributed by atoms with Gasteiger partial charge in [-0.3, -0.25) is 4.98 Å². The van der Waals surface area contributed by atoms with Crippen molar-refractivity contribution >= 4 is 11.4 Å². The molecule has 5 N–H and O–H groups in total. The van der Waals surface area contributed by atoms with E-state index in [0.717, 1.165) is 50.0 Å². The number of ether oxygens (including phenoxy) is 4. The average Bonchev–Trinajstić information content (AvgIpc) is 3.81. The Morgan fingerprint density at radius 3 is 2.36 bits per heavy atom. The number of benzene rings is 1. The Hall–Kier alpha value is -3.08. The van der Waals surface area contributed by atoms with Gasteiger partial charge in [-0.25, -0.2) is 4.39 Å². The van der Waals surface area contributed by atoms with Crippen LogP contribution in [0.3, 0.4) is 0 Å². The first-order valence-corrected chi connectivity index (χ1v) is 15.4. The summed E-state index contributed by atoms with van der Waals surface area (Å²) in [6.07, 6.45) is 16.9. The van der Waals surface area contributed by atoms with E-state index in [1.54, 1.807) is 31.6 Å². The van der Waals surface area contributed by atoms with Crippen molar-refractivity contribution in [2.45, 2.75) is 91.3 Å². The van der Waals surface area contributed by atoms with Crippen LogP contribution < -0.4 is 11.5 Å². The molecule has 1 aliphatic heterocycles. The van der Waals surface area contributed by atoms with Gasteiger partial charge in [0, 0.05) is 37.2 Å². The number of rotatable bonds is 11. The van der Waals surface area contributed by atoms with Gasteiger partial charge in [-0.15, -0.1) is 0 Å². The van der Waals surface area contributed by atoms with Gasteiger partial charge in [0.1, 0.15) is 23.8 Å². The minimum absolute atomic E-state index is 0.0418. The Kier molecular flexibility index (Phi) is 24.5. The van der Waals surface area contributed by atoms with Crippen molar-refractivity contribution < 1.29 is 28.4 Å². The molecule has 1 aliphatic carbocycles. The molecule has 0 radical (unpaired) electrons. The molecule has 0 spiro atoms. The molecule has 4 rings (SSSR count). The van der Waals surface area contributed by atoms with Crippen molar-refractivity contribution in [2.75, 3.05) is 33.1 Å². The van der Waals surface area contributed by atoms with Gasteiger partial charge < -0.3 is 35.5 Å². The minimum atomic E-state index is -0.309. The average molecular weight is 618 g/mol. The van der Waals surface area contributed by atoms with E-state index in [9.17, 15) is 9.50 Å². The zero-order valence-electron chi connectivity index (χ0n) is 27.7. The van der Waals surface area contributed by atoms with Crippen LogP contribution in [0.1, 0.15) is 72.3 Å². The Balaban J connectivity index is 0.000000631. The van der Waals surface area contributed by atoms with Gasteiger partial charge in [-0.1, -0.05) is 44.2 Å². The number of hydrogen-bond acceptors (Lipinski definition) is 8. The fraction of sp³-hybridized carbons (Fsp3) is 0.514. The lowest BCUT2D eigenvalue weighted by Crippen LogP contribution is -2.31. The van der Waals surface area contributed by atoms with Crippen molar-refractivity contribution in [2.24, 2.45) is 5.73 Å². The Morgan fingerprint density at radius 1 is 1.16 bits per heavy atom. The third kappa shape index (κ3) is 18.6. The highest BCUT2D eigenvalue weighted by molar-refractivity contribution is 5.65. The van der Waals surface area contributed by atoms with E-state index in [-0.39, 0.29) is 30.9 Å². The highest BCUT2D eigenvalue weighted by Crippen LogP contribution is 2.37. The van der Waals surface area contributed by atoms with Crippen LogP contribution in [0.4, 0.5) is 10.1 Å². The number of aromatic nitrogens is 1. The second-order valence-electron chi connectivity index (χ2n) is 9.58. The molecular weight excluding hydrogens is 561 g/mol. The summed E-state index contributed by atoms with van der Waals surface area (Å²) >= 11 is 0. The van der Waals surface area contributed by atoms with Gasteiger partial charge in [-0.05, 0) is 89.4 Å². The molecule has 9 heteroatoms. The monoisotopic (exact) mass is 617 g/mol. The van der Waals surface area contributed by atoms with Crippen LogP contribution >= 0.6 is 0 Å². The predicted octanol–water partition coefficient (Wildman–Crippen LogP) is 7.06. The van der Waals surface area contributed by atoms with E-state index < -0.39 is 0 Å². The number of methoxy groups -OCH3 is 1. The summed E-state index contributed by atoms with van der Waals surface area (Å²) in [5.74, 6) is 0.608. The second kappa shape index (κ2) is 26.3. The summed E-state index contributed by atoms with van der Waals surface area (Å²) in [5.41, 5.74) is 12.5. The normalized spacial score (nSPS) is 17.9. The van der Waals surface area contributed by atoms with Crippen LogP contribution in [0.15, 0.2) is 78.7 Å². The summed E-state index contributed by atoms with van der Waals surface area (Å²) in [6, 6.07) is 9.73. The van der Waals surface area contributed by atoms with Crippen LogP contribution in [0.25, 0.3) is 5.76 Å². The molecule has 44 heavy (non-hydrogen) atoms. The number of aliphatic hydroxyl groups excluding tert-OH is 1. The number of nitrogens with two attached hydrogens (primary N) is 2. The molecule has 1 aromatic carbocycles. The largest absolute Gasteiger partial charge is 0.487 e. The molecule has 2 heterocycles. The van der Waals surface area contributed by atoms with E-state index in [2.05, 4.69) is 23.7 Å². The summed E-state index contributed by atoms with van der Waals surface area (Å²) in [5, 5.41) is 9.20. The molecule has 248 valence electrons. The third-order valence-electron chi connectivity index (χ3n) is 6.12. The maximum atomic E-state index is 12.1. The van der Waals surface area contributed by atoms with E-state index in [1.807, 2.05) is 58.1 Å². The number of aliphatic hydroxyl groups is 1. The summed E-state index contributed by atoms with van der Waals surface area (Å²) in [7, 11) is 3.08. The zero-order valence-corrected chi connectivity index (χ0v) is 27.7. The number of allylic oxidation sites excluding steroid dienone is 4. The molecule has 2 aromatic rings. The lowest BCUT2D eigenvalue weighted by molar-refractivity contribution is -0.128. The van der Waals surface area contributed by atoms with Gasteiger partial charge in [0.05, 0.1) is 19.3 Å². The Labute approximate surface area is 265 Å². The minimum Gasteiger partial charge on any atom is -0.487 e. The number of halogens is 1. The summed E-state index contributed by atoms with van der Waals surface area (Å²) < 4.78 is 34.3. The molecule has 8 nitrogen and oxygen atoms in total. The van der Waals surface area contributed by atoms with Gasteiger partial charge in [0.15, 0.2) is 6.29 Å². The Morgan fingerprint density at radius 2 is 1.89 bits per heavy atom. The quantitative estimate of drug-likeness (QED) is 0.106. The lowest BCUT2D eigenvalue weighted by atomic mass is 10.2. The van der Waals surface area contributed by atoms with Crippen molar-refractivity contribution in [3.63, 3.8) is 0 Å². The third-order valence-corrected chi connectivity index (χ3v) is 6.12. The fourth-order valence-electron chi connectivity index (χ4n) is 3.77. The van der Waals surface area contributed by atoms with Gasteiger partial charge in [0.25, 0.3) is 0 Å². The van der Waals surface area contributed by atoms with Crippen LogP contribution in [-0.4, -0.2) is 62.1 Å². The van der Waals surface area contributed by atoms with Crippen molar-refractivity contribution in [1.82, 2.24) is 4.98 Å². The molecule has 2 fully saturated rings. The highest BCUT2D eigenvalue weighted by Gasteiger charge is 2.25. The molecule has 0 amide bonds. The number of anilines is 1. The first-order chi connectivity index (χ1) is 21.4. The van der Waals surface area contributed by atoms with Gasteiger partial charge in [0.2, 0.25) is 0 Å². The molecule has 2 aliphatic rings.